The first kappa shape index (κ1) is 32.8. The number of halogens is 7. The fourth-order valence-corrected chi connectivity index (χ4v) is 5.60. The molecule has 2 aromatic rings. The number of rotatable bonds is 5. The topological polar surface area (TPSA) is 100 Å². The van der Waals surface area contributed by atoms with Gasteiger partial charge in [0.2, 0.25) is 0 Å². The van der Waals surface area contributed by atoms with Crippen LogP contribution in [0.15, 0.2) is 36.4 Å². The lowest BCUT2D eigenvalue weighted by Crippen LogP contribution is -2.52. The Morgan fingerprint density at radius 1 is 1.00 bits per heavy atom. The maximum absolute atomic E-state index is 13.4. The van der Waals surface area contributed by atoms with Crippen LogP contribution in [-0.2, 0) is 16.4 Å². The van der Waals surface area contributed by atoms with Gasteiger partial charge in [-0.3, -0.25) is 0 Å². The van der Waals surface area contributed by atoms with Crippen molar-refractivity contribution in [3.05, 3.63) is 53.3 Å². The van der Waals surface area contributed by atoms with E-state index < -0.39 is 41.4 Å². The first-order valence-electron chi connectivity index (χ1n) is 12.7. The van der Waals surface area contributed by atoms with Gasteiger partial charge in [0.05, 0.1) is 25.5 Å². The van der Waals surface area contributed by atoms with E-state index in [-0.39, 0.29) is 17.5 Å². The molecular formula is C27H30F7N3O5. The average Bonchev–Trinajstić information content (AvgIpc) is 3.25. The number of alkyl halides is 6. The third-order valence-electron chi connectivity index (χ3n) is 7.60. The summed E-state index contributed by atoms with van der Waals surface area (Å²) in [4.78, 5) is 23.8. The third kappa shape index (κ3) is 7.36. The zero-order valence-electron chi connectivity index (χ0n) is 22.8. The van der Waals surface area contributed by atoms with Crippen molar-refractivity contribution in [3.8, 4) is 11.5 Å². The molecule has 15 heteroatoms. The number of aliphatic carboxylic acids is 1. The number of ether oxygens (including phenoxy) is 2. The van der Waals surface area contributed by atoms with Gasteiger partial charge in [0.1, 0.15) is 5.82 Å². The van der Waals surface area contributed by atoms with Crippen molar-refractivity contribution in [1.82, 2.24) is 10.2 Å². The largest absolute Gasteiger partial charge is 0.493 e. The summed E-state index contributed by atoms with van der Waals surface area (Å²) in [6.07, 6.45) is -6.81. The zero-order chi connectivity index (χ0) is 31.5. The average molecular weight is 610 g/mol. The Morgan fingerprint density at radius 2 is 1.64 bits per heavy atom. The number of carbonyl (C=O) groups excluding carboxylic acids is 1. The van der Waals surface area contributed by atoms with E-state index in [1.54, 1.807) is 14.2 Å². The Hall–Kier alpha value is -3.75. The van der Waals surface area contributed by atoms with Crippen molar-refractivity contribution in [2.75, 3.05) is 33.1 Å². The molecule has 3 N–H and O–H groups in total. The van der Waals surface area contributed by atoms with E-state index in [9.17, 15) is 35.5 Å². The highest BCUT2D eigenvalue weighted by Gasteiger charge is 2.50. The summed E-state index contributed by atoms with van der Waals surface area (Å²) in [5, 5.41) is 12.2. The monoisotopic (exact) mass is 609 g/mol. The van der Waals surface area contributed by atoms with Crippen LogP contribution < -0.4 is 20.1 Å². The minimum atomic E-state index is -5.08. The summed E-state index contributed by atoms with van der Waals surface area (Å²) in [6.45, 7) is 0.891. The van der Waals surface area contributed by atoms with E-state index in [0.717, 1.165) is 37.1 Å². The van der Waals surface area contributed by atoms with Crippen LogP contribution >= 0.6 is 0 Å². The lowest BCUT2D eigenvalue weighted by molar-refractivity contribution is -0.192. The molecule has 0 radical (unpaired) electrons. The van der Waals surface area contributed by atoms with E-state index >= 15 is 0 Å². The van der Waals surface area contributed by atoms with Crippen LogP contribution in [0, 0.1) is 5.82 Å². The molecule has 1 aliphatic carbocycles. The number of hydrogen-bond acceptors (Lipinski definition) is 5. The van der Waals surface area contributed by atoms with Gasteiger partial charge < -0.3 is 30.1 Å². The van der Waals surface area contributed by atoms with Gasteiger partial charge in [-0.15, -0.1) is 0 Å². The Bertz CT molecular complexity index is 1290. The number of amides is 2. The number of carbonyl (C=O) groups is 2. The van der Waals surface area contributed by atoms with Gasteiger partial charge >= 0.3 is 24.4 Å². The number of fused-ring (bicyclic) bond motifs is 1. The number of likely N-dealkylation sites (tertiary alicyclic amines) is 1. The standard InChI is InChI=1S/C25H29F4N3O3.C2HF3O2/c1-32-11-10-24(15-4-7-20(34-2)21(12-15)35-3)9-8-17(14-22(24)32)30-23(33)31-19-6-5-16(26)13-18(19)25(27,28)29;3-2(4,5)1(6)7/h4-7,12-13,17,22H,8-11,14H2,1-3H3,(H2,30,31,33);(H,6,7). The normalized spacial score (nSPS) is 22.3. The van der Waals surface area contributed by atoms with Crippen LogP contribution in [0.5, 0.6) is 11.5 Å². The van der Waals surface area contributed by atoms with Crippen LogP contribution in [0.3, 0.4) is 0 Å². The molecule has 3 atom stereocenters. The minimum Gasteiger partial charge on any atom is -0.493 e. The predicted octanol–water partition coefficient (Wildman–Crippen LogP) is 5.81. The van der Waals surface area contributed by atoms with Gasteiger partial charge in [0.15, 0.2) is 11.5 Å². The Labute approximate surface area is 236 Å². The van der Waals surface area contributed by atoms with Gasteiger partial charge in [0, 0.05) is 17.5 Å². The van der Waals surface area contributed by atoms with Gasteiger partial charge in [-0.25, -0.2) is 14.0 Å². The summed E-state index contributed by atoms with van der Waals surface area (Å²) in [5.41, 5.74) is -0.679. The van der Waals surface area contributed by atoms with Crippen molar-refractivity contribution in [2.24, 2.45) is 0 Å². The molecule has 1 saturated carbocycles. The summed E-state index contributed by atoms with van der Waals surface area (Å²) < 4.78 is 95.8. The fraction of sp³-hybridized carbons (Fsp3) is 0.481. The quantitative estimate of drug-likeness (QED) is 0.370. The minimum absolute atomic E-state index is 0.122. The molecule has 8 nitrogen and oxygen atoms in total. The molecule has 2 amide bonds. The molecule has 2 fully saturated rings. The number of benzene rings is 2. The number of urea groups is 1. The van der Waals surface area contributed by atoms with Gasteiger partial charge in [-0.2, -0.15) is 26.3 Å². The predicted molar refractivity (Wildman–Crippen MR) is 137 cm³/mol. The van der Waals surface area contributed by atoms with Crippen LogP contribution in [0.2, 0.25) is 0 Å². The summed E-state index contributed by atoms with van der Waals surface area (Å²) >= 11 is 0. The molecule has 42 heavy (non-hydrogen) atoms. The molecule has 2 aliphatic rings. The lowest BCUT2D eigenvalue weighted by Gasteiger charge is -2.45. The van der Waals surface area contributed by atoms with E-state index in [4.69, 9.17) is 19.4 Å². The highest BCUT2D eigenvalue weighted by molar-refractivity contribution is 5.90. The van der Waals surface area contributed by atoms with Crippen molar-refractivity contribution in [3.63, 3.8) is 0 Å². The maximum atomic E-state index is 13.4. The van der Waals surface area contributed by atoms with Gasteiger partial charge in [0.25, 0.3) is 0 Å². The summed E-state index contributed by atoms with van der Waals surface area (Å²) in [7, 11) is 5.24. The Morgan fingerprint density at radius 3 is 2.21 bits per heavy atom. The van der Waals surface area contributed by atoms with Crippen molar-refractivity contribution >= 4 is 17.7 Å². The van der Waals surface area contributed by atoms with Crippen LogP contribution in [0.1, 0.15) is 36.8 Å². The third-order valence-corrected chi connectivity index (χ3v) is 7.60. The molecule has 2 aromatic carbocycles. The number of methoxy groups -OCH3 is 2. The van der Waals surface area contributed by atoms with Gasteiger partial charge in [-0.1, -0.05) is 6.07 Å². The number of likely N-dealkylation sites (N-methyl/N-ethyl adjacent to an activating group) is 1. The molecular weight excluding hydrogens is 579 g/mol. The lowest BCUT2D eigenvalue weighted by atomic mass is 9.65. The molecule has 0 bridgehead atoms. The number of anilines is 1. The highest BCUT2D eigenvalue weighted by atomic mass is 19.4. The first-order chi connectivity index (χ1) is 19.5. The van der Waals surface area contributed by atoms with E-state index in [1.165, 1.54) is 0 Å². The molecule has 4 rings (SSSR count). The highest BCUT2D eigenvalue weighted by Crippen LogP contribution is 2.50. The van der Waals surface area contributed by atoms with Crippen LogP contribution in [-0.4, -0.2) is 68.1 Å². The number of carboxylic acid groups (broad SMARTS) is 1. The fourth-order valence-electron chi connectivity index (χ4n) is 5.60. The summed E-state index contributed by atoms with van der Waals surface area (Å²) in [5.74, 6) is -2.47. The SMILES string of the molecule is COc1ccc(C23CCC(NC(=O)Nc4ccc(F)cc4C(F)(F)F)CC2N(C)CC3)cc1OC.O=C(O)C(F)(F)F. The van der Waals surface area contributed by atoms with Crippen molar-refractivity contribution in [1.29, 1.82) is 0 Å². The first-order valence-corrected chi connectivity index (χ1v) is 12.7. The van der Waals surface area contributed by atoms with E-state index in [0.29, 0.717) is 30.4 Å². The Kier molecular flexibility index (Phi) is 9.85. The molecule has 1 heterocycles. The molecule has 0 aromatic heterocycles. The van der Waals surface area contributed by atoms with Crippen LogP contribution in [0.4, 0.5) is 41.2 Å². The number of nitrogens with zero attached hydrogens (tertiary/aromatic N) is 1. The van der Waals surface area contributed by atoms with E-state index in [1.807, 2.05) is 19.2 Å². The number of hydrogen-bond donors (Lipinski definition) is 3. The number of carboxylic acids is 1. The molecule has 1 aliphatic heterocycles. The van der Waals surface area contributed by atoms with Crippen LogP contribution in [0.25, 0.3) is 0 Å². The second-order valence-electron chi connectivity index (χ2n) is 10.0. The second-order valence-corrected chi connectivity index (χ2v) is 10.0. The molecule has 0 spiro atoms. The van der Waals surface area contributed by atoms with Crippen molar-refractivity contribution < 1.29 is 54.9 Å². The maximum Gasteiger partial charge on any atom is 0.490 e. The Balaban J connectivity index is 0.000000616. The second kappa shape index (κ2) is 12.6. The van der Waals surface area contributed by atoms with Crippen molar-refractivity contribution in [2.45, 2.75) is 55.5 Å². The smallest absolute Gasteiger partial charge is 0.490 e. The molecule has 232 valence electrons. The summed E-state index contributed by atoms with van der Waals surface area (Å²) in [6, 6.07) is 7.33. The van der Waals surface area contributed by atoms with E-state index in [2.05, 4.69) is 21.6 Å². The molecule has 1 saturated heterocycles. The van der Waals surface area contributed by atoms with Gasteiger partial charge in [-0.05, 0) is 75.2 Å². The number of nitrogens with one attached hydrogen (secondary N) is 2. The molecule has 3 unspecified atom stereocenters. The zero-order valence-corrected chi connectivity index (χ0v) is 22.8.